The van der Waals surface area contributed by atoms with E-state index in [0.29, 0.717) is 12.1 Å². The highest BCUT2D eigenvalue weighted by molar-refractivity contribution is 5.19. The molecule has 0 radical (unpaired) electrons. The van der Waals surface area contributed by atoms with Crippen LogP contribution in [0.15, 0.2) is 30.3 Å². The van der Waals surface area contributed by atoms with Crippen LogP contribution in [0.25, 0.3) is 0 Å². The minimum atomic E-state index is -4.26. The Morgan fingerprint density at radius 3 is 2.24 bits per heavy atom. The molecule has 0 aliphatic carbocycles. The highest BCUT2D eigenvalue weighted by Gasteiger charge is 2.33. The number of halogens is 3. The summed E-state index contributed by atoms with van der Waals surface area (Å²) in [5.74, 6) is 0. The van der Waals surface area contributed by atoms with Gasteiger partial charge in [-0.05, 0) is 26.6 Å². The minimum absolute atomic E-state index is 0.0841. The van der Waals surface area contributed by atoms with Gasteiger partial charge in [-0.1, -0.05) is 30.3 Å². The minimum Gasteiger partial charge on any atom is -0.388 e. The van der Waals surface area contributed by atoms with Gasteiger partial charge in [-0.2, -0.15) is 13.2 Å². The van der Waals surface area contributed by atoms with Crippen molar-refractivity contribution in [2.24, 2.45) is 0 Å². The van der Waals surface area contributed by atoms with Crippen molar-refractivity contribution in [3.8, 4) is 0 Å². The van der Waals surface area contributed by atoms with Gasteiger partial charge in [0.15, 0.2) is 0 Å². The lowest BCUT2D eigenvalue weighted by Crippen LogP contribution is -2.46. The third-order valence-corrected chi connectivity index (χ3v) is 3.02. The predicted octanol–water partition coefficient (Wildman–Crippen LogP) is 2.58. The van der Waals surface area contributed by atoms with Gasteiger partial charge in [0.05, 0.1) is 12.0 Å². The average molecular weight is 304 g/mol. The molecule has 1 aromatic carbocycles. The van der Waals surface area contributed by atoms with E-state index >= 15 is 0 Å². The van der Waals surface area contributed by atoms with E-state index in [1.54, 1.807) is 56.3 Å². The molecule has 0 saturated heterocycles. The molecule has 0 spiro atoms. The molecule has 21 heavy (non-hydrogen) atoms. The summed E-state index contributed by atoms with van der Waals surface area (Å²) in [7, 11) is 3.61. The first-order valence-electron chi connectivity index (χ1n) is 6.81. The molecule has 0 aromatic heterocycles. The normalized spacial score (nSPS) is 16.8. The maximum absolute atomic E-state index is 12.7. The summed E-state index contributed by atoms with van der Waals surface area (Å²) in [4.78, 5) is 1.79. The van der Waals surface area contributed by atoms with E-state index in [9.17, 15) is 18.3 Å². The van der Waals surface area contributed by atoms with E-state index in [1.807, 2.05) is 0 Å². The first-order chi connectivity index (χ1) is 9.59. The molecule has 120 valence electrons. The number of hydrogen-bond acceptors (Lipinski definition) is 3. The first-order valence-corrected chi connectivity index (χ1v) is 6.81. The highest BCUT2D eigenvalue weighted by atomic mass is 19.4. The Kier molecular flexibility index (Phi) is 6.19. The lowest BCUT2D eigenvalue weighted by atomic mass is 10.0. The molecule has 0 aliphatic rings. The summed E-state index contributed by atoms with van der Waals surface area (Å²) in [6, 6.07) is 7.63. The second-order valence-electron chi connectivity index (χ2n) is 5.90. The number of hydrogen-bond donors (Lipinski definition) is 2. The molecule has 2 unspecified atom stereocenters. The van der Waals surface area contributed by atoms with Crippen molar-refractivity contribution in [2.75, 3.05) is 27.2 Å². The molecular weight excluding hydrogens is 281 g/mol. The standard InChI is InChI=1S/C15H23F3N2O/c1-14(21,11-20(2)3)10-19-13(9-15(16,17)18)12-7-5-4-6-8-12/h4-8,13,19,21H,9-11H2,1-3H3. The van der Waals surface area contributed by atoms with E-state index in [0.717, 1.165) is 0 Å². The fourth-order valence-corrected chi connectivity index (χ4v) is 2.30. The number of aliphatic hydroxyl groups is 1. The van der Waals surface area contributed by atoms with Crippen LogP contribution < -0.4 is 5.32 Å². The number of benzene rings is 1. The molecular formula is C15H23F3N2O. The predicted molar refractivity (Wildman–Crippen MR) is 77.0 cm³/mol. The second-order valence-corrected chi connectivity index (χ2v) is 5.90. The van der Waals surface area contributed by atoms with Gasteiger partial charge in [0.25, 0.3) is 0 Å². The third-order valence-electron chi connectivity index (χ3n) is 3.02. The Hall–Kier alpha value is -1.11. The third kappa shape index (κ3) is 7.45. The SMILES string of the molecule is CN(C)CC(C)(O)CNC(CC(F)(F)F)c1ccccc1. The average Bonchev–Trinajstić information content (AvgIpc) is 2.33. The van der Waals surface area contributed by atoms with Crippen molar-refractivity contribution in [3.05, 3.63) is 35.9 Å². The van der Waals surface area contributed by atoms with Crippen molar-refractivity contribution in [1.29, 1.82) is 0 Å². The van der Waals surface area contributed by atoms with Crippen LogP contribution in [0.1, 0.15) is 24.9 Å². The topological polar surface area (TPSA) is 35.5 Å². The van der Waals surface area contributed by atoms with E-state index in [1.165, 1.54) is 0 Å². The van der Waals surface area contributed by atoms with Crippen molar-refractivity contribution in [3.63, 3.8) is 0 Å². The second kappa shape index (κ2) is 7.24. The molecule has 1 aromatic rings. The highest BCUT2D eigenvalue weighted by Crippen LogP contribution is 2.29. The van der Waals surface area contributed by atoms with Crippen molar-refractivity contribution in [1.82, 2.24) is 10.2 Å². The largest absolute Gasteiger partial charge is 0.390 e. The Bertz CT molecular complexity index is 419. The zero-order chi connectivity index (χ0) is 16.1. The van der Waals surface area contributed by atoms with Crippen LogP contribution in [0.5, 0.6) is 0 Å². The van der Waals surface area contributed by atoms with Crippen LogP contribution >= 0.6 is 0 Å². The van der Waals surface area contributed by atoms with Gasteiger partial charge in [0.2, 0.25) is 0 Å². The van der Waals surface area contributed by atoms with Crippen molar-refractivity contribution >= 4 is 0 Å². The molecule has 0 aliphatic heterocycles. The van der Waals surface area contributed by atoms with Crippen LogP contribution in [0, 0.1) is 0 Å². The van der Waals surface area contributed by atoms with Crippen LogP contribution in [-0.4, -0.2) is 49.0 Å². The van der Waals surface area contributed by atoms with E-state index in [2.05, 4.69) is 5.32 Å². The number of nitrogens with zero attached hydrogens (tertiary/aromatic N) is 1. The molecule has 6 heteroatoms. The molecule has 0 bridgehead atoms. The quantitative estimate of drug-likeness (QED) is 0.813. The lowest BCUT2D eigenvalue weighted by Gasteiger charge is -2.30. The van der Waals surface area contributed by atoms with Gasteiger partial charge in [-0.3, -0.25) is 0 Å². The molecule has 0 fully saturated rings. The molecule has 1 rings (SSSR count). The zero-order valence-electron chi connectivity index (χ0n) is 12.6. The molecule has 3 nitrogen and oxygen atoms in total. The van der Waals surface area contributed by atoms with Crippen LogP contribution in [-0.2, 0) is 0 Å². The molecule has 0 heterocycles. The number of nitrogens with one attached hydrogen (secondary N) is 1. The number of likely N-dealkylation sites (N-methyl/N-ethyl adjacent to an activating group) is 1. The van der Waals surface area contributed by atoms with Gasteiger partial charge < -0.3 is 15.3 Å². The van der Waals surface area contributed by atoms with Gasteiger partial charge >= 0.3 is 6.18 Å². The molecule has 2 N–H and O–H groups in total. The van der Waals surface area contributed by atoms with Crippen molar-refractivity contribution in [2.45, 2.75) is 31.2 Å². The Morgan fingerprint density at radius 2 is 1.76 bits per heavy atom. The van der Waals surface area contributed by atoms with Gasteiger partial charge in [-0.15, -0.1) is 0 Å². The first kappa shape index (κ1) is 17.9. The summed E-state index contributed by atoms with van der Waals surface area (Å²) >= 11 is 0. The summed E-state index contributed by atoms with van der Waals surface area (Å²) < 4.78 is 38.1. The Labute approximate surface area is 123 Å². The van der Waals surface area contributed by atoms with E-state index in [4.69, 9.17) is 0 Å². The Balaban J connectivity index is 2.75. The summed E-state index contributed by atoms with van der Waals surface area (Å²) in [5, 5.41) is 13.0. The van der Waals surface area contributed by atoms with Gasteiger partial charge in [-0.25, -0.2) is 0 Å². The smallest absolute Gasteiger partial charge is 0.388 e. The maximum atomic E-state index is 12.7. The molecule has 2 atom stereocenters. The maximum Gasteiger partial charge on any atom is 0.390 e. The summed E-state index contributed by atoms with van der Waals surface area (Å²) in [6.07, 6.45) is -5.23. The van der Waals surface area contributed by atoms with E-state index in [-0.39, 0.29) is 6.54 Å². The Morgan fingerprint density at radius 1 is 1.19 bits per heavy atom. The fraction of sp³-hybridized carbons (Fsp3) is 0.600. The molecule has 0 saturated carbocycles. The number of alkyl halides is 3. The molecule has 0 amide bonds. The summed E-state index contributed by atoms with van der Waals surface area (Å²) in [6.45, 7) is 2.06. The van der Waals surface area contributed by atoms with Gasteiger partial charge in [0.1, 0.15) is 0 Å². The van der Waals surface area contributed by atoms with Crippen LogP contribution in [0.4, 0.5) is 13.2 Å². The lowest BCUT2D eigenvalue weighted by molar-refractivity contribution is -0.141. The summed E-state index contributed by atoms with van der Waals surface area (Å²) in [5.41, 5.74) is -0.530. The van der Waals surface area contributed by atoms with Crippen molar-refractivity contribution < 1.29 is 18.3 Å². The number of rotatable bonds is 7. The van der Waals surface area contributed by atoms with Gasteiger partial charge in [0, 0.05) is 19.1 Å². The van der Waals surface area contributed by atoms with Crippen LogP contribution in [0.2, 0.25) is 0 Å². The van der Waals surface area contributed by atoms with Crippen LogP contribution in [0.3, 0.4) is 0 Å². The fourth-order valence-electron chi connectivity index (χ4n) is 2.30. The zero-order valence-corrected chi connectivity index (χ0v) is 12.6. The monoisotopic (exact) mass is 304 g/mol. The van der Waals surface area contributed by atoms with E-state index < -0.39 is 24.2 Å².